The van der Waals surface area contributed by atoms with Crippen LogP contribution < -0.4 is 22.9 Å². The molecule has 0 saturated carbocycles. The van der Waals surface area contributed by atoms with Crippen LogP contribution in [0.3, 0.4) is 0 Å². The van der Waals surface area contributed by atoms with Crippen molar-refractivity contribution in [2.24, 2.45) is 22.9 Å². The summed E-state index contributed by atoms with van der Waals surface area (Å²) >= 11 is 0. The molecule has 0 aromatic rings. The summed E-state index contributed by atoms with van der Waals surface area (Å²) in [5.41, 5.74) is 22.2. The van der Waals surface area contributed by atoms with Crippen molar-refractivity contribution in [2.45, 2.75) is 51.2 Å². The Morgan fingerprint density at radius 2 is 1.25 bits per heavy atom. The number of hydrogen-bond acceptors (Lipinski definition) is 7. The van der Waals surface area contributed by atoms with Gasteiger partial charge in [-0.05, 0) is 12.8 Å². The Balaban J connectivity index is 3.99. The molecule has 0 saturated heterocycles. The lowest BCUT2D eigenvalue weighted by molar-refractivity contribution is 0.108. The first-order chi connectivity index (χ1) is 7.42. The minimum atomic E-state index is -2.40. The van der Waals surface area contributed by atoms with Crippen LogP contribution in [0.1, 0.15) is 26.7 Å². The Bertz CT molecular complexity index is 199. The molecule has 8 N–H and O–H groups in total. The molecule has 0 aromatic heterocycles. The predicted octanol–water partition coefficient (Wildman–Crippen LogP) is -0.279. The van der Waals surface area contributed by atoms with Gasteiger partial charge in [0.25, 0.3) is 0 Å². The van der Waals surface area contributed by atoms with Crippen molar-refractivity contribution < 1.29 is 13.6 Å². The maximum Gasteiger partial charge on any atom is 0.700 e. The first-order valence-corrected chi connectivity index (χ1v) is 6.35. The van der Waals surface area contributed by atoms with E-state index in [-0.39, 0.29) is 0 Å². The van der Waals surface area contributed by atoms with Crippen molar-refractivity contribution in [3.05, 3.63) is 0 Å². The largest absolute Gasteiger partial charge is 0.700 e. The normalized spacial score (nSPS) is 20.0. The molecule has 4 atom stereocenters. The lowest BCUT2D eigenvalue weighted by atomic mass is 10.2. The summed E-state index contributed by atoms with van der Waals surface area (Å²) in [4.78, 5) is 0. The average Bonchev–Trinajstić information content (AvgIpc) is 2.26. The highest BCUT2D eigenvalue weighted by Gasteiger charge is 2.32. The van der Waals surface area contributed by atoms with Crippen LogP contribution >= 0.6 is 8.25 Å². The lowest BCUT2D eigenvalue weighted by Crippen LogP contribution is -2.43. The zero-order valence-electron chi connectivity index (χ0n) is 9.70. The smallest absolute Gasteiger partial charge is 0.324 e. The fraction of sp³-hybridized carbons (Fsp3) is 1.00. The third-order valence-electron chi connectivity index (χ3n) is 2.20. The molecule has 0 fully saturated rings. The third kappa shape index (κ3) is 5.81. The summed E-state index contributed by atoms with van der Waals surface area (Å²) in [6.07, 6.45) is -0.437. The van der Waals surface area contributed by atoms with E-state index in [1.165, 1.54) is 0 Å². The van der Waals surface area contributed by atoms with Crippen molar-refractivity contribution in [3.63, 3.8) is 0 Å². The first kappa shape index (κ1) is 15.9. The average molecular weight is 253 g/mol. The molecule has 16 heavy (non-hydrogen) atoms. The predicted molar refractivity (Wildman–Crippen MR) is 62.3 cm³/mol. The van der Waals surface area contributed by atoms with Crippen LogP contribution in [0.15, 0.2) is 0 Å². The summed E-state index contributed by atoms with van der Waals surface area (Å²) < 4.78 is 21.1. The Kier molecular flexibility index (Phi) is 7.96. The van der Waals surface area contributed by atoms with Gasteiger partial charge in [-0.15, -0.1) is 0 Å². The Hall–Kier alpha value is -0.140. The van der Waals surface area contributed by atoms with E-state index in [0.29, 0.717) is 12.8 Å². The minimum absolute atomic E-state index is 0.390. The minimum Gasteiger partial charge on any atom is -0.324 e. The van der Waals surface area contributed by atoms with Gasteiger partial charge in [-0.1, -0.05) is 22.9 Å². The highest BCUT2D eigenvalue weighted by Crippen LogP contribution is 2.27. The summed E-state index contributed by atoms with van der Waals surface area (Å²) in [6, 6.07) is -0.780. The fourth-order valence-corrected chi connectivity index (χ4v) is 1.60. The van der Waals surface area contributed by atoms with Gasteiger partial charge >= 0.3 is 8.25 Å². The van der Waals surface area contributed by atoms with Crippen LogP contribution in [0, 0.1) is 0 Å². The van der Waals surface area contributed by atoms with Gasteiger partial charge in [0, 0.05) is 16.6 Å². The highest BCUT2D eigenvalue weighted by molar-refractivity contribution is 7.33. The van der Waals surface area contributed by atoms with Crippen molar-refractivity contribution in [1.29, 1.82) is 0 Å². The van der Waals surface area contributed by atoms with Crippen LogP contribution in [0.4, 0.5) is 0 Å². The molecule has 0 aliphatic heterocycles. The van der Waals surface area contributed by atoms with E-state index < -0.39 is 32.8 Å². The van der Waals surface area contributed by atoms with Crippen LogP contribution in [-0.4, -0.2) is 24.5 Å². The topological polar surface area (TPSA) is 140 Å². The molecule has 0 aromatic carbocycles. The lowest BCUT2D eigenvalue weighted by Gasteiger charge is -2.14. The van der Waals surface area contributed by atoms with Gasteiger partial charge in [-0.3, -0.25) is 0 Å². The van der Waals surface area contributed by atoms with Gasteiger partial charge in [-0.2, -0.15) is 0 Å². The quantitative estimate of drug-likeness (QED) is 0.344. The summed E-state index contributed by atoms with van der Waals surface area (Å²) in [7, 11) is -2.40. The molecule has 4 unspecified atom stereocenters. The monoisotopic (exact) mass is 253 g/mol. The zero-order valence-corrected chi connectivity index (χ0v) is 10.6. The molecular formula is C8H22N4O3P+. The Morgan fingerprint density at radius 1 is 0.938 bits per heavy atom. The molecule has 7 nitrogen and oxygen atoms in total. The van der Waals surface area contributed by atoms with Crippen molar-refractivity contribution >= 4 is 8.25 Å². The van der Waals surface area contributed by atoms with Gasteiger partial charge in [0.15, 0.2) is 12.5 Å². The molecule has 0 rings (SSSR count). The molecule has 0 heterocycles. The molecule has 0 spiro atoms. The van der Waals surface area contributed by atoms with Gasteiger partial charge < -0.3 is 22.9 Å². The SMILES string of the molecule is CCC(N)C(N)O[P+](=O)OC(N)C(N)CC. The van der Waals surface area contributed by atoms with E-state index in [9.17, 15) is 4.57 Å². The van der Waals surface area contributed by atoms with E-state index in [1.807, 2.05) is 13.8 Å². The summed E-state index contributed by atoms with van der Waals surface area (Å²) in [5, 5.41) is 0. The van der Waals surface area contributed by atoms with Crippen LogP contribution in [0.25, 0.3) is 0 Å². The van der Waals surface area contributed by atoms with Crippen molar-refractivity contribution in [2.75, 3.05) is 0 Å². The molecular weight excluding hydrogens is 231 g/mol. The van der Waals surface area contributed by atoms with E-state index in [0.717, 1.165) is 0 Å². The van der Waals surface area contributed by atoms with Gasteiger partial charge in [0.2, 0.25) is 0 Å². The Morgan fingerprint density at radius 3 is 1.50 bits per heavy atom. The molecule has 0 amide bonds. The van der Waals surface area contributed by atoms with E-state index in [2.05, 4.69) is 0 Å². The second kappa shape index (κ2) is 8.03. The fourth-order valence-electron chi connectivity index (χ4n) is 0.845. The number of nitrogens with two attached hydrogens (primary N) is 4. The van der Waals surface area contributed by atoms with Gasteiger partial charge in [-0.25, -0.2) is 0 Å². The summed E-state index contributed by atoms with van der Waals surface area (Å²) in [6.45, 7) is 3.70. The zero-order chi connectivity index (χ0) is 12.7. The van der Waals surface area contributed by atoms with E-state index >= 15 is 0 Å². The van der Waals surface area contributed by atoms with Crippen LogP contribution in [-0.2, 0) is 13.6 Å². The standard InChI is InChI=1S/C8H22N4O3P/c1-3-5(9)7(11)14-16(13)15-8(12)6(10)4-2/h5-8H,3-4,9-12H2,1-2H3/q+1. The molecule has 0 radical (unpaired) electrons. The van der Waals surface area contributed by atoms with Crippen LogP contribution in [0.5, 0.6) is 0 Å². The van der Waals surface area contributed by atoms with Gasteiger partial charge in [0.05, 0.1) is 0 Å². The molecule has 0 aliphatic carbocycles. The molecule has 0 bridgehead atoms. The number of rotatable bonds is 8. The van der Waals surface area contributed by atoms with Crippen molar-refractivity contribution in [3.8, 4) is 0 Å². The third-order valence-corrected chi connectivity index (χ3v) is 3.03. The van der Waals surface area contributed by atoms with Gasteiger partial charge in [0.1, 0.15) is 0 Å². The molecule has 96 valence electrons. The van der Waals surface area contributed by atoms with Crippen LogP contribution in [0.2, 0.25) is 0 Å². The summed E-state index contributed by atoms with van der Waals surface area (Å²) in [5.74, 6) is 0. The number of hydrogen-bond donors (Lipinski definition) is 4. The van der Waals surface area contributed by atoms with Crippen molar-refractivity contribution in [1.82, 2.24) is 0 Å². The first-order valence-electron chi connectivity index (χ1n) is 5.25. The van der Waals surface area contributed by atoms with E-state index in [4.69, 9.17) is 32.0 Å². The highest BCUT2D eigenvalue weighted by atomic mass is 31.1. The maximum absolute atomic E-state index is 11.3. The Labute approximate surface area is 96.8 Å². The van der Waals surface area contributed by atoms with E-state index in [1.54, 1.807) is 0 Å². The second-order valence-corrected chi connectivity index (χ2v) is 4.38. The molecule has 0 aliphatic rings. The second-order valence-electron chi connectivity index (χ2n) is 3.51. The maximum atomic E-state index is 11.3. The molecule has 8 heteroatoms.